The van der Waals surface area contributed by atoms with E-state index in [4.69, 9.17) is 0 Å². The number of alkyl halides is 10. The molecule has 0 saturated heterocycles. The number of unbranched alkanes of at least 4 members (excludes halogenated alkanes) is 7. The quantitative estimate of drug-likeness (QED) is 0.101. The summed E-state index contributed by atoms with van der Waals surface area (Å²) in [4.78, 5) is 0. The van der Waals surface area contributed by atoms with Gasteiger partial charge in [-0.3, -0.25) is 0 Å². The maximum absolute atomic E-state index is 13.5. The van der Waals surface area contributed by atoms with Gasteiger partial charge in [0.25, 0.3) is 0 Å². The minimum absolute atomic E-state index is 0.0543. The molecule has 0 heterocycles. The molecule has 0 aromatic carbocycles. The Bertz CT molecular complexity index is 394. The predicted molar refractivity (Wildman–Crippen MR) is 90.5 cm³/mol. The summed E-state index contributed by atoms with van der Waals surface area (Å²) in [6.45, 7) is 2.07. The van der Waals surface area contributed by atoms with Gasteiger partial charge < -0.3 is 0 Å². The van der Waals surface area contributed by atoms with Crippen LogP contribution in [0, 0.1) is 0 Å². The van der Waals surface area contributed by atoms with E-state index in [9.17, 15) is 39.5 Å². The molecule has 0 saturated carbocycles. The van der Waals surface area contributed by atoms with Crippen LogP contribution in [0.15, 0.2) is 0 Å². The molecule has 158 valence electrons. The lowest BCUT2D eigenvalue weighted by Crippen LogP contribution is -2.61. The molecule has 0 aliphatic rings. The Kier molecular flexibility index (Phi) is 10.6. The maximum atomic E-state index is 13.5. The van der Waals surface area contributed by atoms with Crippen molar-refractivity contribution in [3.63, 3.8) is 0 Å². The average molecular weight is 514 g/mol. The summed E-state index contributed by atoms with van der Waals surface area (Å²) in [6, 6.07) is 0. The fraction of sp³-hybridized carbons (Fsp3) is 1.00. The molecule has 0 fully saturated rings. The fourth-order valence-corrected chi connectivity index (χ4v) is 3.41. The fourth-order valence-electron chi connectivity index (χ4n) is 2.42. The zero-order chi connectivity index (χ0) is 20.6. The van der Waals surface area contributed by atoms with Gasteiger partial charge in [-0.2, -0.15) is 39.5 Å². The molecule has 0 bridgehead atoms. The van der Waals surface area contributed by atoms with Crippen molar-refractivity contribution in [2.75, 3.05) is 0 Å². The lowest BCUT2D eigenvalue weighted by Gasteiger charge is -2.34. The summed E-state index contributed by atoms with van der Waals surface area (Å²) in [5, 5.41) is 0. The van der Waals surface area contributed by atoms with Crippen molar-refractivity contribution in [2.45, 2.75) is 99.0 Å². The van der Waals surface area contributed by atoms with Gasteiger partial charge in [0.1, 0.15) is 0 Å². The number of halogens is 10. The van der Waals surface area contributed by atoms with E-state index in [0.29, 0.717) is 12.8 Å². The summed E-state index contributed by atoms with van der Waals surface area (Å²) < 4.78 is 114. The molecule has 1 unspecified atom stereocenters. The molecule has 0 aromatic rings. The topological polar surface area (TPSA) is 0 Å². The zero-order valence-electron chi connectivity index (χ0n) is 14.4. The van der Waals surface area contributed by atoms with Crippen molar-refractivity contribution in [1.82, 2.24) is 0 Å². The Hall–Kier alpha value is 0.1000. The van der Waals surface area contributed by atoms with Crippen LogP contribution in [0.3, 0.4) is 0 Å². The predicted octanol–water partition coefficient (Wildman–Crippen LogP) is 8.18. The Labute approximate surface area is 161 Å². The van der Waals surface area contributed by atoms with Crippen molar-refractivity contribution in [3.05, 3.63) is 0 Å². The molecule has 26 heavy (non-hydrogen) atoms. The van der Waals surface area contributed by atoms with E-state index in [1.165, 1.54) is 22.6 Å². The third kappa shape index (κ3) is 7.26. The zero-order valence-corrected chi connectivity index (χ0v) is 16.6. The van der Waals surface area contributed by atoms with Crippen LogP contribution in [0.5, 0.6) is 0 Å². The minimum Gasteiger partial charge on any atom is -0.200 e. The maximum Gasteiger partial charge on any atom is 0.460 e. The number of rotatable bonds is 13. The highest BCUT2D eigenvalue weighted by molar-refractivity contribution is 14.1. The van der Waals surface area contributed by atoms with Gasteiger partial charge in [-0.1, -0.05) is 80.9 Å². The Balaban J connectivity index is 4.43. The average Bonchev–Trinajstić information content (AvgIpc) is 2.48. The SMILES string of the molecule is CCCCCCCCCCC(I)CC(F)(F)C(F)(F)C(F)(F)C(F)(F)F. The second kappa shape index (κ2) is 10.6. The van der Waals surface area contributed by atoms with E-state index < -0.39 is 34.3 Å². The van der Waals surface area contributed by atoms with E-state index in [0.717, 1.165) is 38.5 Å². The molecule has 0 N–H and O–H groups in total. The first-order chi connectivity index (χ1) is 11.7. The van der Waals surface area contributed by atoms with E-state index >= 15 is 0 Å². The molecule has 0 aromatic heterocycles. The van der Waals surface area contributed by atoms with E-state index in [1.807, 2.05) is 0 Å². The van der Waals surface area contributed by atoms with Gasteiger partial charge in [0, 0.05) is 10.3 Å². The van der Waals surface area contributed by atoms with Crippen LogP contribution in [0.1, 0.15) is 71.1 Å². The van der Waals surface area contributed by atoms with Crippen LogP contribution in [0.4, 0.5) is 39.5 Å². The second-order valence-corrected chi connectivity index (χ2v) is 8.18. The summed E-state index contributed by atoms with van der Waals surface area (Å²) in [5.41, 5.74) is 0. The third-order valence-corrected chi connectivity index (χ3v) is 5.12. The Morgan fingerprint density at radius 2 is 1.08 bits per heavy atom. The van der Waals surface area contributed by atoms with E-state index in [-0.39, 0.29) is 6.42 Å². The highest BCUT2D eigenvalue weighted by Gasteiger charge is 2.81. The van der Waals surface area contributed by atoms with Crippen LogP contribution in [-0.2, 0) is 0 Å². The molecule has 0 rings (SSSR count). The summed E-state index contributed by atoms with van der Waals surface area (Å²) >= 11 is 1.40. The van der Waals surface area contributed by atoms with Crippen LogP contribution in [0.2, 0.25) is 0 Å². The highest BCUT2D eigenvalue weighted by Crippen LogP contribution is 2.54. The van der Waals surface area contributed by atoms with Gasteiger partial charge in [0.05, 0.1) is 0 Å². The molecular weight excluding hydrogens is 490 g/mol. The smallest absolute Gasteiger partial charge is 0.200 e. The van der Waals surface area contributed by atoms with Crippen LogP contribution in [-0.4, -0.2) is 27.9 Å². The largest absolute Gasteiger partial charge is 0.460 e. The van der Waals surface area contributed by atoms with Gasteiger partial charge in [-0.25, -0.2) is 0 Å². The van der Waals surface area contributed by atoms with Crippen LogP contribution in [0.25, 0.3) is 0 Å². The van der Waals surface area contributed by atoms with Gasteiger partial charge >= 0.3 is 23.9 Å². The summed E-state index contributed by atoms with van der Waals surface area (Å²) in [7, 11) is 0. The number of hydrogen-bond donors (Lipinski definition) is 0. The van der Waals surface area contributed by atoms with Crippen molar-refractivity contribution in [1.29, 1.82) is 0 Å². The van der Waals surface area contributed by atoms with Gasteiger partial charge in [-0.05, 0) is 6.42 Å². The minimum atomic E-state index is -6.79. The van der Waals surface area contributed by atoms with Crippen LogP contribution >= 0.6 is 22.6 Å². The number of hydrogen-bond acceptors (Lipinski definition) is 0. The first-order valence-electron chi connectivity index (χ1n) is 8.55. The summed E-state index contributed by atoms with van der Waals surface area (Å²) in [5.74, 6) is -18.8. The molecular formula is C16H24F9I. The van der Waals surface area contributed by atoms with Gasteiger partial charge in [0.15, 0.2) is 0 Å². The van der Waals surface area contributed by atoms with Gasteiger partial charge in [-0.15, -0.1) is 0 Å². The first kappa shape index (κ1) is 26.1. The van der Waals surface area contributed by atoms with Crippen LogP contribution < -0.4 is 0 Å². The monoisotopic (exact) mass is 514 g/mol. The van der Waals surface area contributed by atoms with Gasteiger partial charge in [0.2, 0.25) is 0 Å². The molecule has 0 radical (unpaired) electrons. The Morgan fingerprint density at radius 1 is 0.654 bits per heavy atom. The van der Waals surface area contributed by atoms with Crippen molar-refractivity contribution >= 4 is 22.6 Å². The third-order valence-electron chi connectivity index (χ3n) is 4.06. The normalized spacial score (nSPS) is 15.3. The van der Waals surface area contributed by atoms with Crippen molar-refractivity contribution < 1.29 is 39.5 Å². The lowest BCUT2D eigenvalue weighted by molar-refractivity contribution is -0.396. The second-order valence-electron chi connectivity index (χ2n) is 6.42. The van der Waals surface area contributed by atoms with E-state index in [2.05, 4.69) is 6.92 Å². The Morgan fingerprint density at radius 3 is 1.50 bits per heavy atom. The molecule has 1 atom stereocenters. The lowest BCUT2D eigenvalue weighted by atomic mass is 9.97. The first-order valence-corrected chi connectivity index (χ1v) is 9.79. The summed E-state index contributed by atoms with van der Waals surface area (Å²) in [6.07, 6.45) is -1.17. The molecule has 0 nitrogen and oxygen atoms in total. The highest BCUT2D eigenvalue weighted by atomic mass is 127. The standard InChI is InChI=1S/C16H24F9I/c1-2-3-4-5-6-7-8-9-10-12(26)11-13(17,18)14(19,20)15(21,22)16(23,24)25/h12H,2-11H2,1H3. The molecule has 0 aliphatic carbocycles. The molecule has 0 aliphatic heterocycles. The van der Waals surface area contributed by atoms with E-state index in [1.54, 1.807) is 0 Å². The molecule has 10 heteroatoms. The molecule has 0 amide bonds. The van der Waals surface area contributed by atoms with Crippen molar-refractivity contribution in [2.24, 2.45) is 0 Å². The van der Waals surface area contributed by atoms with Crippen molar-refractivity contribution in [3.8, 4) is 0 Å². The molecule has 0 spiro atoms.